The van der Waals surface area contributed by atoms with Crippen molar-refractivity contribution in [3.05, 3.63) is 28.8 Å². The molecule has 27 heavy (non-hydrogen) atoms. The maximum Gasteiger partial charge on any atom is 0.119 e. The number of hydrogen-bond donors (Lipinski definition) is 1. The van der Waals surface area contributed by atoms with Gasteiger partial charge < -0.3 is 5.11 Å². The van der Waals surface area contributed by atoms with E-state index in [9.17, 15) is 5.11 Å². The van der Waals surface area contributed by atoms with Crippen LogP contribution in [-0.2, 0) is 19.3 Å². The second-order valence-electron chi connectivity index (χ2n) is 8.34. The molecule has 1 aromatic rings. The van der Waals surface area contributed by atoms with E-state index in [0.29, 0.717) is 5.75 Å². The van der Waals surface area contributed by atoms with E-state index < -0.39 is 0 Å². The number of benzene rings is 1. The fraction of sp³-hybridized carbons (Fsp3) is 0.769. The first-order chi connectivity index (χ1) is 13.2. The Labute approximate surface area is 170 Å². The number of aryl methyl sites for hydroxylation is 1. The molecular formula is C26H46O. The highest BCUT2D eigenvalue weighted by Crippen LogP contribution is 2.29. The van der Waals surface area contributed by atoms with Gasteiger partial charge in [0.05, 0.1) is 0 Å². The summed E-state index contributed by atoms with van der Waals surface area (Å²) in [6.45, 7) is 6.82. The molecule has 0 heterocycles. The van der Waals surface area contributed by atoms with Gasteiger partial charge in [-0.1, -0.05) is 97.5 Å². The maximum atomic E-state index is 10.6. The van der Waals surface area contributed by atoms with Crippen molar-refractivity contribution in [2.24, 2.45) is 0 Å². The summed E-state index contributed by atoms with van der Waals surface area (Å²) in [6, 6.07) is 4.18. The van der Waals surface area contributed by atoms with E-state index in [0.717, 1.165) is 12.8 Å². The Hall–Kier alpha value is -0.980. The topological polar surface area (TPSA) is 20.2 Å². The minimum Gasteiger partial charge on any atom is -0.508 e. The largest absolute Gasteiger partial charge is 0.508 e. The van der Waals surface area contributed by atoms with Crippen molar-refractivity contribution in [3.8, 4) is 5.75 Å². The molecule has 0 radical (unpaired) electrons. The first kappa shape index (κ1) is 24.1. The Morgan fingerprint density at radius 2 is 0.963 bits per heavy atom. The van der Waals surface area contributed by atoms with Gasteiger partial charge in [0.25, 0.3) is 0 Å². The molecule has 156 valence electrons. The number of aromatic hydroxyl groups is 1. The molecule has 0 amide bonds. The molecule has 0 aromatic heterocycles. The molecule has 0 bridgehead atoms. The van der Waals surface area contributed by atoms with E-state index >= 15 is 0 Å². The van der Waals surface area contributed by atoms with Gasteiger partial charge in [0.15, 0.2) is 0 Å². The van der Waals surface area contributed by atoms with Crippen LogP contribution in [0.4, 0.5) is 0 Å². The third-order valence-electron chi connectivity index (χ3n) is 5.86. The average Bonchev–Trinajstić information content (AvgIpc) is 2.67. The normalized spacial score (nSPS) is 11.2. The lowest BCUT2D eigenvalue weighted by atomic mass is 9.89. The number of rotatable bonds is 17. The molecule has 0 fully saturated rings. The fourth-order valence-electron chi connectivity index (χ4n) is 4.11. The smallest absolute Gasteiger partial charge is 0.119 e. The highest BCUT2D eigenvalue weighted by Gasteiger charge is 2.13. The summed E-state index contributed by atoms with van der Waals surface area (Å²) >= 11 is 0. The molecule has 0 aliphatic rings. The molecule has 0 unspecified atom stereocenters. The maximum absolute atomic E-state index is 10.6. The van der Waals surface area contributed by atoms with Gasteiger partial charge in [-0.25, -0.2) is 0 Å². The molecule has 0 aliphatic heterocycles. The van der Waals surface area contributed by atoms with Gasteiger partial charge in [0.1, 0.15) is 5.75 Å². The van der Waals surface area contributed by atoms with Crippen LogP contribution in [0.3, 0.4) is 0 Å². The van der Waals surface area contributed by atoms with Crippen LogP contribution in [0.5, 0.6) is 5.75 Å². The van der Waals surface area contributed by atoms with Crippen LogP contribution in [0.2, 0.25) is 0 Å². The number of hydrogen-bond acceptors (Lipinski definition) is 1. The number of phenolic OH excluding ortho intramolecular Hbond substituents is 1. The summed E-state index contributed by atoms with van der Waals surface area (Å²) in [4.78, 5) is 0. The van der Waals surface area contributed by atoms with E-state index in [1.807, 2.05) is 6.07 Å². The van der Waals surface area contributed by atoms with Crippen molar-refractivity contribution >= 4 is 0 Å². The van der Waals surface area contributed by atoms with Crippen LogP contribution in [0.1, 0.15) is 127 Å². The minimum atomic E-state index is 0.546. The molecule has 0 spiro atoms. The minimum absolute atomic E-state index is 0.546. The van der Waals surface area contributed by atoms with Crippen molar-refractivity contribution in [2.75, 3.05) is 0 Å². The van der Waals surface area contributed by atoms with E-state index in [-0.39, 0.29) is 0 Å². The van der Waals surface area contributed by atoms with Crippen LogP contribution in [0, 0.1) is 0 Å². The van der Waals surface area contributed by atoms with Crippen LogP contribution >= 0.6 is 0 Å². The molecule has 1 aromatic carbocycles. The zero-order chi connectivity index (χ0) is 19.7. The number of unbranched alkanes of at least 4 members (excludes halogenated alkanes) is 11. The summed E-state index contributed by atoms with van der Waals surface area (Å²) < 4.78 is 0. The molecule has 0 aliphatic carbocycles. The summed E-state index contributed by atoms with van der Waals surface area (Å²) in [7, 11) is 0. The summed E-state index contributed by atoms with van der Waals surface area (Å²) in [5.41, 5.74) is 4.29. The Bertz CT molecular complexity index is 477. The second kappa shape index (κ2) is 16.0. The molecule has 1 heteroatoms. The lowest BCUT2D eigenvalue weighted by molar-refractivity contribution is 0.464. The molecule has 1 nitrogen and oxygen atoms in total. The lowest BCUT2D eigenvalue weighted by Gasteiger charge is -2.17. The van der Waals surface area contributed by atoms with E-state index in [1.165, 1.54) is 113 Å². The zero-order valence-corrected chi connectivity index (χ0v) is 18.6. The SMILES string of the molecule is CCCCCCCc1ccc(O)c(CCCCCC)c1CCCCCCC. The van der Waals surface area contributed by atoms with Crippen LogP contribution < -0.4 is 0 Å². The van der Waals surface area contributed by atoms with Gasteiger partial charge in [-0.3, -0.25) is 0 Å². The quantitative estimate of drug-likeness (QED) is 0.271. The monoisotopic (exact) mass is 374 g/mol. The van der Waals surface area contributed by atoms with Crippen molar-refractivity contribution in [2.45, 2.75) is 130 Å². The highest BCUT2D eigenvalue weighted by molar-refractivity contribution is 5.45. The molecule has 1 rings (SSSR count). The van der Waals surface area contributed by atoms with Crippen molar-refractivity contribution < 1.29 is 5.11 Å². The molecule has 0 saturated heterocycles. The third kappa shape index (κ3) is 10.2. The molecule has 0 saturated carbocycles. The first-order valence-electron chi connectivity index (χ1n) is 12.1. The fourth-order valence-corrected chi connectivity index (χ4v) is 4.11. The number of phenols is 1. The Morgan fingerprint density at radius 3 is 1.52 bits per heavy atom. The van der Waals surface area contributed by atoms with E-state index in [4.69, 9.17) is 0 Å². The van der Waals surface area contributed by atoms with Crippen molar-refractivity contribution in [3.63, 3.8) is 0 Å². The lowest BCUT2D eigenvalue weighted by Crippen LogP contribution is -2.03. The predicted octanol–water partition coefficient (Wildman–Crippen LogP) is 8.54. The molecule has 0 atom stereocenters. The highest BCUT2D eigenvalue weighted by atomic mass is 16.3. The Kier molecular flexibility index (Phi) is 14.3. The Morgan fingerprint density at radius 1 is 0.519 bits per heavy atom. The van der Waals surface area contributed by atoms with Gasteiger partial charge >= 0.3 is 0 Å². The van der Waals surface area contributed by atoms with Crippen LogP contribution in [0.25, 0.3) is 0 Å². The van der Waals surface area contributed by atoms with E-state index in [2.05, 4.69) is 26.8 Å². The summed E-state index contributed by atoms with van der Waals surface area (Å²) in [5.74, 6) is 0.546. The van der Waals surface area contributed by atoms with Crippen LogP contribution in [0.15, 0.2) is 12.1 Å². The van der Waals surface area contributed by atoms with Gasteiger partial charge in [-0.2, -0.15) is 0 Å². The van der Waals surface area contributed by atoms with E-state index in [1.54, 1.807) is 0 Å². The van der Waals surface area contributed by atoms with Gasteiger partial charge in [0.2, 0.25) is 0 Å². The average molecular weight is 375 g/mol. The first-order valence-corrected chi connectivity index (χ1v) is 12.1. The summed E-state index contributed by atoms with van der Waals surface area (Å²) in [5, 5.41) is 10.6. The zero-order valence-electron chi connectivity index (χ0n) is 18.6. The van der Waals surface area contributed by atoms with Crippen molar-refractivity contribution in [1.29, 1.82) is 0 Å². The third-order valence-corrected chi connectivity index (χ3v) is 5.86. The molecule has 1 N–H and O–H groups in total. The van der Waals surface area contributed by atoms with Gasteiger partial charge in [-0.05, 0) is 61.3 Å². The van der Waals surface area contributed by atoms with Gasteiger partial charge in [-0.15, -0.1) is 0 Å². The van der Waals surface area contributed by atoms with Crippen LogP contribution in [-0.4, -0.2) is 5.11 Å². The summed E-state index contributed by atoms with van der Waals surface area (Å²) in [6.07, 6.45) is 21.8. The second-order valence-corrected chi connectivity index (χ2v) is 8.34. The Balaban J connectivity index is 2.75. The van der Waals surface area contributed by atoms with Gasteiger partial charge in [0, 0.05) is 0 Å². The standard InChI is InChI=1S/C26H46O/c1-4-7-10-13-15-18-23-21-22-26(27)25(20-16-12-9-6-3)24(23)19-17-14-11-8-5-2/h21-22,27H,4-20H2,1-3H3. The predicted molar refractivity (Wildman–Crippen MR) is 121 cm³/mol. The van der Waals surface area contributed by atoms with Crippen molar-refractivity contribution in [1.82, 2.24) is 0 Å². The molecular weight excluding hydrogens is 328 g/mol.